The predicted octanol–water partition coefficient (Wildman–Crippen LogP) is 0.689. The smallest absolute Gasteiger partial charge is 0.248 e. The normalized spacial score (nSPS) is 25.4. The van der Waals surface area contributed by atoms with Gasteiger partial charge in [0.1, 0.15) is 6.61 Å². The Bertz CT molecular complexity index is 298. The van der Waals surface area contributed by atoms with E-state index >= 15 is 0 Å². The highest BCUT2D eigenvalue weighted by Crippen LogP contribution is 2.18. The van der Waals surface area contributed by atoms with Gasteiger partial charge in [-0.3, -0.25) is 9.69 Å². The zero-order valence-corrected chi connectivity index (χ0v) is 13.2. The molecule has 1 unspecified atom stereocenters. The second-order valence-corrected chi connectivity index (χ2v) is 6.37. The summed E-state index contributed by atoms with van der Waals surface area (Å²) in [5.74, 6) is 2.33. The number of amides is 1. The number of thioether (sulfide) groups is 1. The van der Waals surface area contributed by atoms with Gasteiger partial charge in [0.05, 0.1) is 19.3 Å². The monoisotopic (exact) mass is 302 g/mol. The molecule has 2 rings (SSSR count). The van der Waals surface area contributed by atoms with Crippen molar-refractivity contribution in [3.63, 3.8) is 0 Å². The average molecular weight is 302 g/mol. The lowest BCUT2D eigenvalue weighted by molar-refractivity contribution is -0.138. The molecule has 5 nitrogen and oxygen atoms in total. The van der Waals surface area contributed by atoms with E-state index in [1.807, 2.05) is 23.6 Å². The largest absolute Gasteiger partial charge is 0.379 e. The second kappa shape index (κ2) is 8.87. The molecular weight excluding hydrogens is 276 g/mol. The van der Waals surface area contributed by atoms with Crippen molar-refractivity contribution in [3.8, 4) is 0 Å². The summed E-state index contributed by atoms with van der Waals surface area (Å²) in [7, 11) is 0. The summed E-state index contributed by atoms with van der Waals surface area (Å²) in [5, 5.41) is 0. The number of ether oxygens (including phenoxy) is 2. The first-order chi connectivity index (χ1) is 9.81. The molecule has 0 spiro atoms. The summed E-state index contributed by atoms with van der Waals surface area (Å²) in [6.07, 6.45) is 1.09. The van der Waals surface area contributed by atoms with Crippen LogP contribution in [0.2, 0.25) is 0 Å². The predicted molar refractivity (Wildman–Crippen MR) is 81.2 cm³/mol. The quantitative estimate of drug-likeness (QED) is 0.747. The van der Waals surface area contributed by atoms with E-state index in [9.17, 15) is 4.79 Å². The third kappa shape index (κ3) is 4.91. The molecule has 116 valence electrons. The topological polar surface area (TPSA) is 42.0 Å². The Hall–Kier alpha value is -0.300. The fourth-order valence-electron chi connectivity index (χ4n) is 2.66. The minimum absolute atomic E-state index is 0.146. The van der Waals surface area contributed by atoms with Gasteiger partial charge in [-0.1, -0.05) is 0 Å². The summed E-state index contributed by atoms with van der Waals surface area (Å²) in [6, 6.07) is 0.313. The average Bonchev–Trinajstić information content (AvgIpc) is 2.71. The first kappa shape index (κ1) is 16.1. The van der Waals surface area contributed by atoms with Crippen molar-refractivity contribution in [2.45, 2.75) is 19.4 Å². The molecular formula is C14H26N2O3S. The molecule has 2 aliphatic rings. The van der Waals surface area contributed by atoms with Crippen molar-refractivity contribution in [1.82, 2.24) is 9.80 Å². The minimum atomic E-state index is 0.146. The van der Waals surface area contributed by atoms with Crippen LogP contribution >= 0.6 is 11.8 Å². The van der Waals surface area contributed by atoms with Gasteiger partial charge < -0.3 is 14.4 Å². The van der Waals surface area contributed by atoms with Crippen LogP contribution in [0.25, 0.3) is 0 Å². The number of carbonyl (C=O) groups excluding carboxylic acids is 1. The van der Waals surface area contributed by atoms with E-state index in [-0.39, 0.29) is 12.5 Å². The minimum Gasteiger partial charge on any atom is -0.379 e. The molecule has 0 aromatic heterocycles. The Balaban J connectivity index is 1.91. The molecule has 0 saturated carbocycles. The van der Waals surface area contributed by atoms with Gasteiger partial charge in [-0.15, -0.1) is 0 Å². The molecule has 2 fully saturated rings. The highest BCUT2D eigenvalue weighted by Gasteiger charge is 2.27. The van der Waals surface area contributed by atoms with Crippen molar-refractivity contribution in [2.24, 2.45) is 0 Å². The molecule has 1 amide bonds. The summed E-state index contributed by atoms with van der Waals surface area (Å²) < 4.78 is 10.7. The Morgan fingerprint density at radius 2 is 2.15 bits per heavy atom. The SMILES string of the molecule is CCOCC(=O)N1CCCSCC1CN1CCOCC1. The zero-order chi connectivity index (χ0) is 14.2. The van der Waals surface area contributed by atoms with E-state index < -0.39 is 0 Å². The summed E-state index contributed by atoms with van der Waals surface area (Å²) in [5.41, 5.74) is 0. The molecule has 0 bridgehead atoms. The zero-order valence-electron chi connectivity index (χ0n) is 12.4. The lowest BCUT2D eigenvalue weighted by atomic mass is 10.2. The van der Waals surface area contributed by atoms with Crippen molar-refractivity contribution in [3.05, 3.63) is 0 Å². The number of carbonyl (C=O) groups is 1. The van der Waals surface area contributed by atoms with Crippen molar-refractivity contribution < 1.29 is 14.3 Å². The van der Waals surface area contributed by atoms with Crippen LogP contribution in [-0.4, -0.2) is 85.9 Å². The van der Waals surface area contributed by atoms with Crippen LogP contribution in [0.15, 0.2) is 0 Å². The maximum atomic E-state index is 12.3. The molecule has 0 radical (unpaired) electrons. The van der Waals surface area contributed by atoms with Crippen LogP contribution in [0, 0.1) is 0 Å². The molecule has 1 atom stereocenters. The molecule has 20 heavy (non-hydrogen) atoms. The number of nitrogens with zero attached hydrogens (tertiary/aromatic N) is 2. The van der Waals surface area contributed by atoms with Crippen LogP contribution in [0.1, 0.15) is 13.3 Å². The lowest BCUT2D eigenvalue weighted by Crippen LogP contribution is -2.51. The van der Waals surface area contributed by atoms with Crippen molar-refractivity contribution in [1.29, 1.82) is 0 Å². The number of hydrogen-bond donors (Lipinski definition) is 0. The highest BCUT2D eigenvalue weighted by atomic mass is 32.2. The lowest BCUT2D eigenvalue weighted by Gasteiger charge is -2.35. The van der Waals surface area contributed by atoms with Gasteiger partial charge in [-0.05, 0) is 19.1 Å². The Morgan fingerprint density at radius 1 is 1.35 bits per heavy atom. The van der Waals surface area contributed by atoms with Gasteiger partial charge in [-0.2, -0.15) is 11.8 Å². The van der Waals surface area contributed by atoms with Crippen LogP contribution in [-0.2, 0) is 14.3 Å². The van der Waals surface area contributed by atoms with E-state index in [1.54, 1.807) is 0 Å². The first-order valence-corrected chi connectivity index (χ1v) is 8.71. The van der Waals surface area contributed by atoms with Crippen molar-refractivity contribution >= 4 is 17.7 Å². The Labute approximate surface area is 126 Å². The molecule has 0 aliphatic carbocycles. The van der Waals surface area contributed by atoms with Crippen LogP contribution in [0.4, 0.5) is 0 Å². The third-order valence-electron chi connectivity index (χ3n) is 3.76. The van der Waals surface area contributed by atoms with E-state index in [1.165, 1.54) is 0 Å². The van der Waals surface area contributed by atoms with Crippen LogP contribution in [0.5, 0.6) is 0 Å². The van der Waals surface area contributed by atoms with Crippen LogP contribution in [0.3, 0.4) is 0 Å². The van der Waals surface area contributed by atoms with E-state index in [0.29, 0.717) is 12.6 Å². The number of morpholine rings is 1. The first-order valence-electron chi connectivity index (χ1n) is 7.56. The standard InChI is InChI=1S/C14H26N2O3S/c1-2-18-11-14(17)16-4-3-9-20-12-13(16)10-15-5-7-19-8-6-15/h13H,2-12H2,1H3. The fraction of sp³-hybridized carbons (Fsp3) is 0.929. The maximum absolute atomic E-state index is 12.3. The number of rotatable bonds is 5. The molecule has 0 aromatic carbocycles. The second-order valence-electron chi connectivity index (χ2n) is 5.22. The summed E-state index contributed by atoms with van der Waals surface area (Å²) >= 11 is 1.96. The van der Waals surface area contributed by atoms with Gasteiger partial charge in [0.25, 0.3) is 0 Å². The van der Waals surface area contributed by atoms with E-state index in [0.717, 1.165) is 57.3 Å². The van der Waals surface area contributed by atoms with Crippen LogP contribution < -0.4 is 0 Å². The Kier molecular flexibility index (Phi) is 7.13. The molecule has 0 N–H and O–H groups in total. The maximum Gasteiger partial charge on any atom is 0.248 e. The van der Waals surface area contributed by atoms with E-state index in [4.69, 9.17) is 9.47 Å². The molecule has 2 aliphatic heterocycles. The summed E-state index contributed by atoms with van der Waals surface area (Å²) in [4.78, 5) is 16.8. The van der Waals surface area contributed by atoms with Gasteiger partial charge >= 0.3 is 0 Å². The third-order valence-corrected chi connectivity index (χ3v) is 4.96. The molecule has 2 saturated heterocycles. The van der Waals surface area contributed by atoms with Gasteiger partial charge in [0.2, 0.25) is 5.91 Å². The molecule has 2 heterocycles. The van der Waals surface area contributed by atoms with Gasteiger partial charge in [-0.25, -0.2) is 0 Å². The highest BCUT2D eigenvalue weighted by molar-refractivity contribution is 7.99. The number of hydrogen-bond acceptors (Lipinski definition) is 5. The van der Waals surface area contributed by atoms with Crippen molar-refractivity contribution in [2.75, 3.05) is 64.1 Å². The molecule has 0 aromatic rings. The fourth-order valence-corrected chi connectivity index (χ4v) is 3.72. The summed E-state index contributed by atoms with van der Waals surface area (Å²) in [6.45, 7) is 8.17. The van der Waals surface area contributed by atoms with E-state index in [2.05, 4.69) is 4.90 Å². The molecule has 6 heteroatoms. The Morgan fingerprint density at radius 3 is 2.90 bits per heavy atom. The van der Waals surface area contributed by atoms with Gasteiger partial charge in [0.15, 0.2) is 0 Å². The van der Waals surface area contributed by atoms with Gasteiger partial charge in [0, 0.05) is 38.5 Å².